The number of aromatic amines is 1. The fourth-order valence-corrected chi connectivity index (χ4v) is 3.46. The normalized spacial score (nSPS) is 14.3. The van der Waals surface area contributed by atoms with Crippen molar-refractivity contribution in [2.45, 2.75) is 31.0 Å². The number of aryl methyl sites for hydroxylation is 1. The molecule has 2 amide bonds. The number of nitrogens with zero attached hydrogens (tertiary/aromatic N) is 3. The van der Waals surface area contributed by atoms with Crippen LogP contribution in [0.2, 0.25) is 0 Å². The van der Waals surface area contributed by atoms with Crippen LogP contribution in [0.4, 0.5) is 0 Å². The minimum Gasteiger partial charge on any atom is -0.282 e. The summed E-state index contributed by atoms with van der Waals surface area (Å²) in [6.07, 6.45) is 1.85. The third kappa shape index (κ3) is 3.76. The molecule has 0 saturated carbocycles. The van der Waals surface area contributed by atoms with Crippen LogP contribution in [0.3, 0.4) is 0 Å². The van der Waals surface area contributed by atoms with E-state index >= 15 is 0 Å². The molecular weight excluding hydrogens is 328 g/mol. The molecule has 2 heterocycles. The molecule has 1 aromatic carbocycles. The second-order valence-corrected chi connectivity index (χ2v) is 6.47. The van der Waals surface area contributed by atoms with Crippen LogP contribution in [0.25, 0.3) is 0 Å². The predicted octanol–water partition coefficient (Wildman–Crippen LogP) is 1.06. The Morgan fingerprint density at radius 2 is 2.04 bits per heavy atom. The Morgan fingerprint density at radius 3 is 2.75 bits per heavy atom. The van der Waals surface area contributed by atoms with Gasteiger partial charge in [-0.2, -0.15) is 0 Å². The van der Waals surface area contributed by atoms with E-state index in [1.165, 1.54) is 21.2 Å². The summed E-state index contributed by atoms with van der Waals surface area (Å²) < 4.78 is 1.52. The van der Waals surface area contributed by atoms with E-state index in [0.717, 1.165) is 12.0 Å². The van der Waals surface area contributed by atoms with E-state index in [2.05, 4.69) is 10.2 Å². The first-order chi connectivity index (χ1) is 11.6. The lowest BCUT2D eigenvalue weighted by Crippen LogP contribution is -2.33. The minimum absolute atomic E-state index is 0.0986. The highest BCUT2D eigenvalue weighted by Gasteiger charge is 2.26. The first-order valence-corrected chi connectivity index (χ1v) is 8.79. The number of likely N-dealkylation sites (tertiary alicyclic amines) is 1. The summed E-state index contributed by atoms with van der Waals surface area (Å²) >= 11 is 1.18. The Labute approximate surface area is 143 Å². The van der Waals surface area contributed by atoms with Crippen LogP contribution < -0.4 is 5.69 Å². The number of nitrogens with one attached hydrogen (secondary N) is 1. The van der Waals surface area contributed by atoms with Crippen LogP contribution in [0.1, 0.15) is 18.4 Å². The maximum Gasteiger partial charge on any atom is 0.343 e. The number of imide groups is 1. The predicted molar refractivity (Wildman–Crippen MR) is 89.7 cm³/mol. The molecule has 1 aliphatic heterocycles. The molecule has 0 aliphatic carbocycles. The highest BCUT2D eigenvalue weighted by atomic mass is 32.2. The highest BCUT2D eigenvalue weighted by Crippen LogP contribution is 2.17. The van der Waals surface area contributed by atoms with Crippen LogP contribution >= 0.6 is 11.8 Å². The van der Waals surface area contributed by atoms with Gasteiger partial charge < -0.3 is 0 Å². The molecule has 1 aliphatic rings. The topological polar surface area (TPSA) is 88.1 Å². The summed E-state index contributed by atoms with van der Waals surface area (Å²) in [5.41, 5.74) is 0.832. The van der Waals surface area contributed by atoms with Crippen LogP contribution in [0.5, 0.6) is 0 Å². The number of benzene rings is 1. The number of H-pyrrole nitrogens is 1. The standard InChI is InChI=1S/C16H18N4O3S/c21-13-7-4-9-19(13)14(22)11-24-16-18-17-15(23)20(16)10-8-12-5-2-1-3-6-12/h1-3,5-6H,4,7-11H2,(H,17,23). The number of hydrogen-bond acceptors (Lipinski definition) is 5. The molecule has 0 bridgehead atoms. The molecule has 0 radical (unpaired) electrons. The van der Waals surface area contributed by atoms with Crippen molar-refractivity contribution in [1.29, 1.82) is 0 Å². The van der Waals surface area contributed by atoms with Crippen molar-refractivity contribution >= 4 is 23.6 Å². The molecule has 126 valence electrons. The monoisotopic (exact) mass is 346 g/mol. The van der Waals surface area contributed by atoms with Crippen molar-refractivity contribution in [2.75, 3.05) is 12.3 Å². The summed E-state index contributed by atoms with van der Waals surface area (Å²) in [6.45, 7) is 0.970. The number of thioether (sulfide) groups is 1. The van der Waals surface area contributed by atoms with E-state index in [1.54, 1.807) is 0 Å². The summed E-state index contributed by atoms with van der Waals surface area (Å²) in [4.78, 5) is 36.8. The largest absolute Gasteiger partial charge is 0.343 e. The smallest absolute Gasteiger partial charge is 0.282 e. The van der Waals surface area contributed by atoms with Gasteiger partial charge in [-0.15, -0.1) is 5.10 Å². The van der Waals surface area contributed by atoms with Crippen molar-refractivity contribution in [3.8, 4) is 0 Å². The highest BCUT2D eigenvalue weighted by molar-refractivity contribution is 7.99. The zero-order valence-corrected chi connectivity index (χ0v) is 13.9. The molecule has 1 N–H and O–H groups in total. The van der Waals surface area contributed by atoms with Gasteiger partial charge in [0.05, 0.1) is 5.75 Å². The Hall–Kier alpha value is -2.35. The minimum atomic E-state index is -0.293. The van der Waals surface area contributed by atoms with Crippen LogP contribution in [-0.2, 0) is 22.6 Å². The van der Waals surface area contributed by atoms with Crippen LogP contribution in [-0.4, -0.2) is 43.8 Å². The van der Waals surface area contributed by atoms with Crippen molar-refractivity contribution in [3.63, 3.8) is 0 Å². The van der Waals surface area contributed by atoms with E-state index in [0.29, 0.717) is 31.1 Å². The lowest BCUT2D eigenvalue weighted by Gasteiger charge is -2.12. The molecule has 0 spiro atoms. The molecular formula is C16H18N4O3S. The summed E-state index contributed by atoms with van der Waals surface area (Å²) in [6, 6.07) is 9.85. The molecule has 8 heteroatoms. The average molecular weight is 346 g/mol. The van der Waals surface area contributed by atoms with Gasteiger partial charge in [-0.3, -0.25) is 19.1 Å². The third-order valence-electron chi connectivity index (χ3n) is 3.89. The first kappa shape index (κ1) is 16.5. The second-order valence-electron chi connectivity index (χ2n) is 5.53. The van der Waals surface area contributed by atoms with Crippen molar-refractivity contribution in [1.82, 2.24) is 19.7 Å². The van der Waals surface area contributed by atoms with E-state index in [4.69, 9.17) is 0 Å². The summed E-state index contributed by atoms with van der Waals surface area (Å²) in [5, 5.41) is 6.87. The van der Waals surface area contributed by atoms with Gasteiger partial charge >= 0.3 is 5.69 Å². The van der Waals surface area contributed by atoms with E-state index in [-0.39, 0.29) is 23.3 Å². The maximum absolute atomic E-state index is 12.1. The Balaban J connectivity index is 1.61. The van der Waals surface area contributed by atoms with E-state index in [1.807, 2.05) is 30.3 Å². The number of amides is 2. The van der Waals surface area contributed by atoms with Gasteiger partial charge in [-0.25, -0.2) is 9.89 Å². The van der Waals surface area contributed by atoms with Gasteiger partial charge in [0.25, 0.3) is 0 Å². The molecule has 7 nitrogen and oxygen atoms in total. The van der Waals surface area contributed by atoms with E-state index < -0.39 is 0 Å². The number of aromatic nitrogens is 3. The van der Waals surface area contributed by atoms with Crippen molar-refractivity contribution < 1.29 is 9.59 Å². The fourth-order valence-electron chi connectivity index (χ4n) is 2.61. The fraction of sp³-hybridized carbons (Fsp3) is 0.375. The van der Waals surface area contributed by atoms with Crippen molar-refractivity contribution in [3.05, 3.63) is 46.4 Å². The molecule has 2 aromatic rings. The zero-order chi connectivity index (χ0) is 16.9. The molecule has 1 fully saturated rings. The molecule has 0 unspecified atom stereocenters. The molecule has 1 saturated heterocycles. The van der Waals surface area contributed by atoms with Crippen molar-refractivity contribution in [2.24, 2.45) is 0 Å². The van der Waals surface area contributed by atoms with Gasteiger partial charge in [0.15, 0.2) is 5.16 Å². The summed E-state index contributed by atoms with van der Waals surface area (Å²) in [5.74, 6) is -0.252. The molecule has 0 atom stereocenters. The average Bonchev–Trinajstić information content (AvgIpc) is 3.17. The maximum atomic E-state index is 12.1. The van der Waals surface area contributed by atoms with Gasteiger partial charge in [0.1, 0.15) is 0 Å². The van der Waals surface area contributed by atoms with Crippen LogP contribution in [0, 0.1) is 0 Å². The lowest BCUT2D eigenvalue weighted by molar-refractivity contribution is -0.140. The Morgan fingerprint density at radius 1 is 1.25 bits per heavy atom. The molecule has 1 aromatic heterocycles. The zero-order valence-electron chi connectivity index (χ0n) is 13.1. The Kier molecular flexibility index (Phi) is 5.14. The molecule has 3 rings (SSSR count). The van der Waals surface area contributed by atoms with E-state index in [9.17, 15) is 14.4 Å². The Bertz CT molecular complexity index is 784. The van der Waals surface area contributed by atoms with Gasteiger partial charge in [0, 0.05) is 19.5 Å². The summed E-state index contributed by atoms with van der Waals surface area (Å²) in [7, 11) is 0. The van der Waals surface area contributed by atoms with Gasteiger partial charge in [-0.05, 0) is 18.4 Å². The number of carbonyl (C=O) groups excluding carboxylic acids is 2. The first-order valence-electron chi connectivity index (χ1n) is 7.80. The number of rotatable bonds is 6. The lowest BCUT2D eigenvalue weighted by atomic mass is 10.1. The van der Waals surface area contributed by atoms with Gasteiger partial charge in [-0.1, -0.05) is 42.1 Å². The third-order valence-corrected chi connectivity index (χ3v) is 4.85. The SMILES string of the molecule is O=C1CCCN1C(=O)CSc1n[nH]c(=O)n1CCc1ccccc1. The van der Waals surface area contributed by atoms with Crippen LogP contribution in [0.15, 0.2) is 40.3 Å². The molecule has 24 heavy (non-hydrogen) atoms. The quantitative estimate of drug-likeness (QED) is 0.790. The second kappa shape index (κ2) is 7.48. The van der Waals surface area contributed by atoms with Gasteiger partial charge in [0.2, 0.25) is 11.8 Å². The number of carbonyl (C=O) groups is 2. The number of hydrogen-bond donors (Lipinski definition) is 1.